The van der Waals surface area contributed by atoms with E-state index in [4.69, 9.17) is 18.9 Å². The minimum Gasteiger partial charge on any atom is -0.493 e. The molecule has 0 saturated carbocycles. The molecule has 0 radical (unpaired) electrons. The first-order valence-corrected chi connectivity index (χ1v) is 6.80. The highest BCUT2D eigenvalue weighted by Gasteiger charge is 2.46. The highest BCUT2D eigenvalue weighted by molar-refractivity contribution is 5.44. The average Bonchev–Trinajstić information content (AvgIpc) is 2.54. The molecule has 114 valence electrons. The summed E-state index contributed by atoms with van der Waals surface area (Å²) in [5, 5.41) is 0. The highest BCUT2D eigenvalue weighted by Crippen LogP contribution is 2.42. The summed E-state index contributed by atoms with van der Waals surface area (Å²) in [5.41, 5.74) is 1.20. The molecule has 1 aromatic rings. The van der Waals surface area contributed by atoms with E-state index in [0.29, 0.717) is 11.5 Å². The Kier molecular flexibility index (Phi) is 4.70. The number of hydrogen-bond donors (Lipinski definition) is 0. The Labute approximate surface area is 126 Å². The van der Waals surface area contributed by atoms with E-state index in [1.54, 1.807) is 28.4 Å². The number of hydrogen-bond acceptors (Lipinski definition) is 4. The first-order chi connectivity index (χ1) is 10.1. The summed E-state index contributed by atoms with van der Waals surface area (Å²) in [6.45, 7) is 1.97. The van der Waals surface area contributed by atoms with Gasteiger partial charge in [-0.05, 0) is 12.5 Å². The molecule has 0 N–H and O–H groups in total. The Bertz CT molecular complexity index is 547. The second-order valence-corrected chi connectivity index (χ2v) is 4.91. The molecule has 21 heavy (non-hydrogen) atoms. The third kappa shape index (κ3) is 2.45. The van der Waals surface area contributed by atoms with Crippen LogP contribution in [0.3, 0.4) is 0 Å². The smallest absolute Gasteiger partial charge is 0.162 e. The molecule has 2 rings (SSSR count). The van der Waals surface area contributed by atoms with Crippen molar-refractivity contribution in [3.8, 4) is 0 Å². The fourth-order valence-electron chi connectivity index (χ4n) is 2.95. The standard InChI is InChI=1S/C17H22O4/c1-12-15(19-3)14(18-2)11-17(21-5,16(12)20-4)13-9-7-6-8-10-13/h6-11,16H,1-5H3. The molecule has 0 saturated heterocycles. The minimum absolute atomic E-state index is 0.293. The number of methoxy groups -OCH3 is 4. The zero-order valence-corrected chi connectivity index (χ0v) is 13.2. The van der Waals surface area contributed by atoms with Crippen LogP contribution in [0.15, 0.2) is 53.5 Å². The van der Waals surface area contributed by atoms with E-state index >= 15 is 0 Å². The van der Waals surface area contributed by atoms with Crippen molar-refractivity contribution in [3.05, 3.63) is 59.1 Å². The average molecular weight is 290 g/mol. The van der Waals surface area contributed by atoms with Crippen molar-refractivity contribution in [3.63, 3.8) is 0 Å². The summed E-state index contributed by atoms with van der Waals surface area (Å²) in [7, 11) is 6.59. The molecule has 0 fully saturated rings. The van der Waals surface area contributed by atoms with E-state index in [1.165, 1.54) is 0 Å². The Morgan fingerprint density at radius 2 is 1.62 bits per heavy atom. The largest absolute Gasteiger partial charge is 0.493 e. The molecule has 4 heteroatoms. The van der Waals surface area contributed by atoms with Gasteiger partial charge in [-0.3, -0.25) is 0 Å². The van der Waals surface area contributed by atoms with Gasteiger partial charge >= 0.3 is 0 Å². The molecule has 0 heterocycles. The van der Waals surface area contributed by atoms with Crippen LogP contribution in [0.4, 0.5) is 0 Å². The number of benzene rings is 1. The van der Waals surface area contributed by atoms with Gasteiger partial charge in [0.1, 0.15) is 11.7 Å². The molecule has 0 amide bonds. The van der Waals surface area contributed by atoms with E-state index in [1.807, 2.05) is 43.3 Å². The highest BCUT2D eigenvalue weighted by atomic mass is 16.5. The fraction of sp³-hybridized carbons (Fsp3) is 0.412. The summed E-state index contributed by atoms with van der Waals surface area (Å²) in [5.74, 6) is 1.34. The molecule has 1 aromatic carbocycles. The van der Waals surface area contributed by atoms with Gasteiger partial charge in [0.15, 0.2) is 11.5 Å². The predicted octanol–water partition coefficient (Wildman–Crippen LogP) is 3.01. The van der Waals surface area contributed by atoms with Crippen LogP contribution in [0.5, 0.6) is 0 Å². The van der Waals surface area contributed by atoms with Gasteiger partial charge in [0.25, 0.3) is 0 Å². The predicted molar refractivity (Wildman–Crippen MR) is 80.7 cm³/mol. The SMILES string of the molecule is COC1=CC(OC)(c2ccccc2)C(OC)C(C)=C1OC. The van der Waals surface area contributed by atoms with Crippen molar-refractivity contribution in [1.82, 2.24) is 0 Å². The van der Waals surface area contributed by atoms with Gasteiger partial charge < -0.3 is 18.9 Å². The zero-order chi connectivity index (χ0) is 15.5. The van der Waals surface area contributed by atoms with Gasteiger partial charge in [0.2, 0.25) is 0 Å². The molecular formula is C17H22O4. The molecule has 2 unspecified atom stereocenters. The van der Waals surface area contributed by atoms with Crippen LogP contribution in [0.1, 0.15) is 12.5 Å². The van der Waals surface area contributed by atoms with E-state index in [-0.39, 0.29) is 6.10 Å². The zero-order valence-electron chi connectivity index (χ0n) is 13.2. The summed E-state index contributed by atoms with van der Waals surface area (Å²) >= 11 is 0. The summed E-state index contributed by atoms with van der Waals surface area (Å²) in [4.78, 5) is 0. The lowest BCUT2D eigenvalue weighted by Gasteiger charge is -2.41. The van der Waals surface area contributed by atoms with Crippen molar-refractivity contribution in [2.45, 2.75) is 18.6 Å². The van der Waals surface area contributed by atoms with Gasteiger partial charge in [-0.25, -0.2) is 0 Å². The van der Waals surface area contributed by atoms with E-state index in [2.05, 4.69) is 0 Å². The third-order valence-electron chi connectivity index (χ3n) is 3.93. The summed E-state index contributed by atoms with van der Waals surface area (Å²) in [6.07, 6.45) is 1.63. The van der Waals surface area contributed by atoms with Crippen molar-refractivity contribution >= 4 is 0 Å². The van der Waals surface area contributed by atoms with Gasteiger partial charge in [-0.1, -0.05) is 30.3 Å². The maximum Gasteiger partial charge on any atom is 0.162 e. The van der Waals surface area contributed by atoms with Gasteiger partial charge in [-0.2, -0.15) is 0 Å². The lowest BCUT2D eigenvalue weighted by molar-refractivity contribution is -0.0821. The fourth-order valence-corrected chi connectivity index (χ4v) is 2.95. The van der Waals surface area contributed by atoms with Crippen LogP contribution < -0.4 is 0 Å². The maximum atomic E-state index is 5.89. The van der Waals surface area contributed by atoms with Crippen LogP contribution in [-0.4, -0.2) is 34.5 Å². The van der Waals surface area contributed by atoms with Crippen LogP contribution >= 0.6 is 0 Å². The van der Waals surface area contributed by atoms with Crippen molar-refractivity contribution < 1.29 is 18.9 Å². The Morgan fingerprint density at radius 1 is 0.952 bits per heavy atom. The van der Waals surface area contributed by atoms with Gasteiger partial charge in [0, 0.05) is 25.9 Å². The molecule has 0 aromatic heterocycles. The molecule has 0 aliphatic heterocycles. The van der Waals surface area contributed by atoms with Crippen LogP contribution in [0.2, 0.25) is 0 Å². The third-order valence-corrected chi connectivity index (χ3v) is 3.93. The second kappa shape index (κ2) is 6.33. The summed E-state index contributed by atoms with van der Waals surface area (Å²) in [6, 6.07) is 9.97. The first kappa shape index (κ1) is 15.6. The lowest BCUT2D eigenvalue weighted by Crippen LogP contribution is -2.45. The monoisotopic (exact) mass is 290 g/mol. The Balaban J connectivity index is 2.65. The van der Waals surface area contributed by atoms with Crippen LogP contribution in [0.25, 0.3) is 0 Å². The van der Waals surface area contributed by atoms with Crippen LogP contribution in [0, 0.1) is 0 Å². The maximum absolute atomic E-state index is 5.89. The molecule has 2 atom stereocenters. The van der Waals surface area contributed by atoms with Crippen LogP contribution in [-0.2, 0) is 24.5 Å². The lowest BCUT2D eigenvalue weighted by atomic mass is 9.80. The normalized spacial score (nSPS) is 25.6. The van der Waals surface area contributed by atoms with E-state index in [0.717, 1.165) is 11.1 Å². The van der Waals surface area contributed by atoms with Gasteiger partial charge in [0.05, 0.1) is 14.2 Å². The number of rotatable bonds is 5. The minimum atomic E-state index is -0.743. The van der Waals surface area contributed by atoms with E-state index < -0.39 is 5.60 Å². The second-order valence-electron chi connectivity index (χ2n) is 4.91. The van der Waals surface area contributed by atoms with Crippen molar-refractivity contribution in [2.24, 2.45) is 0 Å². The topological polar surface area (TPSA) is 36.9 Å². The molecular weight excluding hydrogens is 268 g/mol. The van der Waals surface area contributed by atoms with Crippen molar-refractivity contribution in [1.29, 1.82) is 0 Å². The molecule has 4 nitrogen and oxygen atoms in total. The molecule has 0 spiro atoms. The van der Waals surface area contributed by atoms with E-state index in [9.17, 15) is 0 Å². The van der Waals surface area contributed by atoms with Gasteiger partial charge in [-0.15, -0.1) is 0 Å². The molecule has 1 aliphatic rings. The Hall–Kier alpha value is -1.78. The Morgan fingerprint density at radius 3 is 2.10 bits per heavy atom. The molecule has 1 aliphatic carbocycles. The quantitative estimate of drug-likeness (QED) is 0.835. The first-order valence-electron chi connectivity index (χ1n) is 6.80. The molecule has 0 bridgehead atoms. The summed E-state index contributed by atoms with van der Waals surface area (Å²) < 4.78 is 22.6. The van der Waals surface area contributed by atoms with Crippen molar-refractivity contribution in [2.75, 3.05) is 28.4 Å². The number of ether oxygens (including phenoxy) is 4.